The minimum absolute atomic E-state index is 0.165. The smallest absolute Gasteiger partial charge is 0.235 e. The predicted molar refractivity (Wildman–Crippen MR) is 81.1 cm³/mol. The van der Waals surface area contributed by atoms with Gasteiger partial charge in [0.05, 0.1) is 10.8 Å². The fourth-order valence-electron chi connectivity index (χ4n) is 2.75. The van der Waals surface area contributed by atoms with Crippen molar-refractivity contribution in [2.75, 3.05) is 31.9 Å². The van der Waals surface area contributed by atoms with Gasteiger partial charge in [-0.25, -0.2) is 0 Å². The first-order chi connectivity index (χ1) is 9.46. The maximum atomic E-state index is 12.3. The third-order valence-electron chi connectivity index (χ3n) is 4.32. The van der Waals surface area contributed by atoms with E-state index in [-0.39, 0.29) is 17.0 Å². The third-order valence-corrected chi connectivity index (χ3v) is 5.69. The fraction of sp³-hybridized carbons (Fsp3) is 0.846. The number of oxime groups is 1. The van der Waals surface area contributed by atoms with Gasteiger partial charge in [0.25, 0.3) is 0 Å². The van der Waals surface area contributed by atoms with E-state index in [1.54, 1.807) is 11.8 Å². The number of nitrogens with two attached hydrogens (primary N) is 1. The summed E-state index contributed by atoms with van der Waals surface area (Å²) in [5.74, 6) is 1.60. The van der Waals surface area contributed by atoms with Crippen LogP contribution in [-0.4, -0.2) is 69.5 Å². The first kappa shape index (κ1) is 15.4. The van der Waals surface area contributed by atoms with Crippen LogP contribution in [0.15, 0.2) is 5.16 Å². The van der Waals surface area contributed by atoms with E-state index in [1.165, 1.54) is 0 Å². The monoisotopic (exact) mass is 300 g/mol. The summed E-state index contributed by atoms with van der Waals surface area (Å²) in [7, 11) is 0. The van der Waals surface area contributed by atoms with Crippen LogP contribution in [0.5, 0.6) is 0 Å². The van der Waals surface area contributed by atoms with E-state index in [0.717, 1.165) is 44.8 Å². The van der Waals surface area contributed by atoms with Crippen LogP contribution in [0.4, 0.5) is 0 Å². The number of rotatable bonds is 3. The van der Waals surface area contributed by atoms with E-state index in [9.17, 15) is 4.79 Å². The molecule has 2 aliphatic rings. The Hall–Kier alpha value is -0.950. The number of nitrogens with zero attached hydrogens (tertiary/aromatic N) is 3. The molecule has 3 N–H and O–H groups in total. The molecule has 2 rings (SSSR count). The summed E-state index contributed by atoms with van der Waals surface area (Å²) in [6.45, 7) is 6.83. The van der Waals surface area contributed by atoms with Gasteiger partial charge in [0.15, 0.2) is 5.84 Å². The number of thioether (sulfide) groups is 1. The molecule has 2 aliphatic heterocycles. The summed E-state index contributed by atoms with van der Waals surface area (Å²) >= 11 is 1.78. The van der Waals surface area contributed by atoms with Gasteiger partial charge in [-0.3, -0.25) is 9.69 Å². The molecular formula is C13H24N4O2S. The summed E-state index contributed by atoms with van der Waals surface area (Å²) in [4.78, 5) is 16.5. The lowest BCUT2D eigenvalue weighted by molar-refractivity contribution is -0.132. The zero-order valence-electron chi connectivity index (χ0n) is 12.2. The number of carbonyl (C=O) groups excluding carboxylic acids is 1. The molecule has 0 aromatic heterocycles. The van der Waals surface area contributed by atoms with Crippen molar-refractivity contribution in [2.24, 2.45) is 10.9 Å². The van der Waals surface area contributed by atoms with Crippen LogP contribution in [-0.2, 0) is 4.79 Å². The molecule has 2 heterocycles. The molecule has 1 amide bonds. The Balaban J connectivity index is 1.90. The van der Waals surface area contributed by atoms with Gasteiger partial charge in [-0.05, 0) is 32.4 Å². The minimum Gasteiger partial charge on any atom is -0.409 e. The Labute approximate surface area is 124 Å². The average molecular weight is 300 g/mol. The van der Waals surface area contributed by atoms with Crippen LogP contribution in [0.1, 0.15) is 26.7 Å². The molecule has 0 aromatic rings. The molecule has 2 saturated heterocycles. The van der Waals surface area contributed by atoms with Gasteiger partial charge in [0.1, 0.15) is 0 Å². The summed E-state index contributed by atoms with van der Waals surface area (Å²) in [6, 6.07) is 0. The second-order valence-electron chi connectivity index (χ2n) is 5.86. The highest BCUT2D eigenvalue weighted by Crippen LogP contribution is 2.28. The molecule has 114 valence electrons. The van der Waals surface area contributed by atoms with Gasteiger partial charge >= 0.3 is 0 Å². The molecule has 0 spiro atoms. The van der Waals surface area contributed by atoms with Crippen molar-refractivity contribution in [3.8, 4) is 0 Å². The maximum absolute atomic E-state index is 12.3. The fourth-order valence-corrected chi connectivity index (χ4v) is 3.99. The SMILES string of the molecule is CC(C)(C(N)=NO)N1CCN(C(=O)C2CCCS2)CC1. The number of amides is 1. The maximum Gasteiger partial charge on any atom is 0.235 e. The highest BCUT2D eigenvalue weighted by Gasteiger charge is 2.36. The zero-order chi connectivity index (χ0) is 14.8. The second-order valence-corrected chi connectivity index (χ2v) is 7.17. The normalized spacial score (nSPS) is 26.0. The first-order valence-corrected chi connectivity index (χ1v) is 8.15. The number of carbonyl (C=O) groups is 1. The van der Waals surface area contributed by atoms with Crippen LogP contribution in [0, 0.1) is 0 Å². The lowest BCUT2D eigenvalue weighted by Gasteiger charge is -2.43. The molecule has 0 aliphatic carbocycles. The molecule has 2 fully saturated rings. The number of hydrogen-bond acceptors (Lipinski definition) is 5. The highest BCUT2D eigenvalue weighted by atomic mass is 32.2. The lowest BCUT2D eigenvalue weighted by Crippen LogP contribution is -2.60. The van der Waals surface area contributed by atoms with E-state index in [4.69, 9.17) is 10.9 Å². The van der Waals surface area contributed by atoms with Crippen LogP contribution in [0.3, 0.4) is 0 Å². The number of hydrogen-bond donors (Lipinski definition) is 2. The Morgan fingerprint density at radius 1 is 1.35 bits per heavy atom. The van der Waals surface area contributed by atoms with Gasteiger partial charge in [-0.1, -0.05) is 5.16 Å². The van der Waals surface area contributed by atoms with Gasteiger partial charge in [0, 0.05) is 26.2 Å². The van der Waals surface area contributed by atoms with Crippen molar-refractivity contribution >= 4 is 23.5 Å². The summed E-state index contributed by atoms with van der Waals surface area (Å²) < 4.78 is 0. The van der Waals surface area contributed by atoms with Crippen molar-refractivity contribution in [1.29, 1.82) is 0 Å². The molecule has 1 atom stereocenters. The van der Waals surface area contributed by atoms with Crippen molar-refractivity contribution in [3.63, 3.8) is 0 Å². The quantitative estimate of drug-likeness (QED) is 0.344. The van der Waals surface area contributed by atoms with Gasteiger partial charge in [-0.15, -0.1) is 11.8 Å². The van der Waals surface area contributed by atoms with Crippen LogP contribution in [0.25, 0.3) is 0 Å². The Morgan fingerprint density at radius 2 is 2.00 bits per heavy atom. The van der Waals surface area contributed by atoms with E-state index < -0.39 is 5.54 Å². The minimum atomic E-state index is -0.480. The number of amidine groups is 1. The van der Waals surface area contributed by atoms with E-state index in [2.05, 4.69) is 10.1 Å². The van der Waals surface area contributed by atoms with Crippen molar-refractivity contribution in [1.82, 2.24) is 9.80 Å². The van der Waals surface area contributed by atoms with E-state index in [0.29, 0.717) is 0 Å². The first-order valence-electron chi connectivity index (χ1n) is 7.10. The van der Waals surface area contributed by atoms with Gasteiger partial charge in [-0.2, -0.15) is 0 Å². The molecule has 0 radical (unpaired) electrons. The summed E-state index contributed by atoms with van der Waals surface area (Å²) in [5.41, 5.74) is 5.27. The average Bonchev–Trinajstić information content (AvgIpc) is 2.99. The molecule has 0 saturated carbocycles. The molecule has 0 aromatic carbocycles. The molecule has 0 bridgehead atoms. The largest absolute Gasteiger partial charge is 0.409 e. The third kappa shape index (κ3) is 3.03. The van der Waals surface area contributed by atoms with Crippen molar-refractivity contribution in [2.45, 2.75) is 37.5 Å². The van der Waals surface area contributed by atoms with Crippen LogP contribution in [0.2, 0.25) is 0 Å². The number of piperazine rings is 1. The van der Waals surface area contributed by atoms with Crippen molar-refractivity contribution in [3.05, 3.63) is 0 Å². The molecule has 6 nitrogen and oxygen atoms in total. The zero-order valence-corrected chi connectivity index (χ0v) is 13.0. The topological polar surface area (TPSA) is 82.2 Å². The van der Waals surface area contributed by atoms with Crippen LogP contribution < -0.4 is 5.73 Å². The Kier molecular flexibility index (Phi) is 4.80. The molecular weight excluding hydrogens is 276 g/mol. The van der Waals surface area contributed by atoms with E-state index in [1.807, 2.05) is 18.7 Å². The molecule has 7 heteroatoms. The highest BCUT2D eigenvalue weighted by molar-refractivity contribution is 8.00. The molecule has 20 heavy (non-hydrogen) atoms. The van der Waals surface area contributed by atoms with Crippen LogP contribution >= 0.6 is 11.8 Å². The lowest BCUT2D eigenvalue weighted by atomic mass is 10.00. The predicted octanol–water partition coefficient (Wildman–Crippen LogP) is 0.551. The summed E-state index contributed by atoms with van der Waals surface area (Å²) in [5, 5.41) is 12.1. The summed E-state index contributed by atoms with van der Waals surface area (Å²) in [6.07, 6.45) is 2.16. The standard InChI is InChI=1S/C13H24N4O2S/c1-13(2,12(14)15-19)17-7-5-16(6-8-17)11(18)10-4-3-9-20-10/h10,19H,3-9H2,1-2H3,(H2,14,15). The second kappa shape index (κ2) is 6.22. The molecule has 1 unspecified atom stereocenters. The Bertz CT molecular complexity index is 386. The van der Waals surface area contributed by atoms with Gasteiger partial charge < -0.3 is 15.8 Å². The van der Waals surface area contributed by atoms with E-state index >= 15 is 0 Å². The Morgan fingerprint density at radius 3 is 2.50 bits per heavy atom. The van der Waals surface area contributed by atoms with Gasteiger partial charge in [0.2, 0.25) is 5.91 Å². The van der Waals surface area contributed by atoms with Crippen molar-refractivity contribution < 1.29 is 10.0 Å².